The first-order valence-corrected chi connectivity index (χ1v) is 6.14. The fourth-order valence-corrected chi connectivity index (χ4v) is 2.20. The van der Waals surface area contributed by atoms with Gasteiger partial charge in [-0.15, -0.1) is 0 Å². The van der Waals surface area contributed by atoms with Crippen LogP contribution >= 0.6 is 0 Å². The lowest BCUT2D eigenvalue weighted by Gasteiger charge is -2.22. The molecule has 0 fully saturated rings. The lowest BCUT2D eigenvalue weighted by Crippen LogP contribution is -2.30. The number of methoxy groups -OCH3 is 2. The van der Waals surface area contributed by atoms with Crippen molar-refractivity contribution in [1.82, 2.24) is 5.43 Å². The molecule has 5 heteroatoms. The number of ether oxygens (including phenoxy) is 2. The van der Waals surface area contributed by atoms with Gasteiger partial charge < -0.3 is 9.47 Å². The molecule has 0 aliphatic rings. The Morgan fingerprint density at radius 2 is 1.60 bits per heavy atom. The van der Waals surface area contributed by atoms with E-state index >= 15 is 0 Å². The third-order valence-electron chi connectivity index (χ3n) is 3.14. The minimum atomic E-state index is -0.567. The Morgan fingerprint density at radius 3 is 2.10 bits per heavy atom. The molecule has 3 N–H and O–H groups in total. The maximum atomic E-state index is 14.0. The molecule has 2 rings (SSSR count). The van der Waals surface area contributed by atoms with Crippen LogP contribution in [0.4, 0.5) is 4.39 Å². The molecule has 1 atom stereocenters. The van der Waals surface area contributed by atoms with Gasteiger partial charge >= 0.3 is 0 Å². The van der Waals surface area contributed by atoms with Crippen molar-refractivity contribution in [3.8, 4) is 11.5 Å². The molecule has 20 heavy (non-hydrogen) atoms. The van der Waals surface area contributed by atoms with E-state index in [1.165, 1.54) is 6.07 Å². The van der Waals surface area contributed by atoms with Gasteiger partial charge in [-0.2, -0.15) is 0 Å². The Labute approximate surface area is 117 Å². The molecule has 0 saturated carbocycles. The quantitative estimate of drug-likeness (QED) is 0.650. The van der Waals surface area contributed by atoms with Crippen LogP contribution in [0.15, 0.2) is 42.5 Å². The number of hydrogen-bond acceptors (Lipinski definition) is 4. The van der Waals surface area contributed by atoms with Crippen LogP contribution in [0.3, 0.4) is 0 Å². The molecule has 2 aromatic carbocycles. The van der Waals surface area contributed by atoms with Gasteiger partial charge in [0.25, 0.3) is 0 Å². The average molecular weight is 276 g/mol. The molecule has 0 heterocycles. The van der Waals surface area contributed by atoms with Crippen molar-refractivity contribution in [3.63, 3.8) is 0 Å². The van der Waals surface area contributed by atoms with Gasteiger partial charge in [0.05, 0.1) is 25.8 Å². The van der Waals surface area contributed by atoms with Crippen molar-refractivity contribution in [3.05, 3.63) is 59.4 Å². The van der Waals surface area contributed by atoms with Crippen LogP contribution in [-0.4, -0.2) is 14.2 Å². The Hall–Kier alpha value is -2.11. The first-order valence-electron chi connectivity index (χ1n) is 6.14. The number of nitrogens with two attached hydrogens (primary N) is 1. The second-order valence-electron chi connectivity index (χ2n) is 4.20. The van der Waals surface area contributed by atoms with Gasteiger partial charge in [0, 0.05) is 5.56 Å². The molecular formula is C15H17FN2O2. The van der Waals surface area contributed by atoms with Crippen molar-refractivity contribution in [2.75, 3.05) is 14.2 Å². The monoisotopic (exact) mass is 276 g/mol. The summed E-state index contributed by atoms with van der Waals surface area (Å²) in [6.45, 7) is 0. The van der Waals surface area contributed by atoms with E-state index in [1.54, 1.807) is 50.6 Å². The summed E-state index contributed by atoms with van der Waals surface area (Å²) < 4.78 is 24.7. The zero-order valence-corrected chi connectivity index (χ0v) is 11.4. The van der Waals surface area contributed by atoms with Crippen LogP contribution in [0.5, 0.6) is 11.5 Å². The molecule has 0 aromatic heterocycles. The molecule has 0 aliphatic heterocycles. The number of halogens is 1. The van der Waals surface area contributed by atoms with Crippen molar-refractivity contribution in [2.24, 2.45) is 5.84 Å². The van der Waals surface area contributed by atoms with E-state index in [0.29, 0.717) is 22.6 Å². The van der Waals surface area contributed by atoms with Crippen LogP contribution < -0.4 is 20.7 Å². The Bertz CT molecular complexity index is 568. The van der Waals surface area contributed by atoms with Crippen LogP contribution in [0, 0.1) is 5.82 Å². The predicted molar refractivity (Wildman–Crippen MR) is 75.1 cm³/mol. The molecule has 4 nitrogen and oxygen atoms in total. The van der Waals surface area contributed by atoms with E-state index in [0.717, 1.165) is 0 Å². The van der Waals surface area contributed by atoms with Gasteiger partial charge in [0.1, 0.15) is 17.3 Å². The maximum Gasteiger partial charge on any atom is 0.128 e. The molecule has 0 bridgehead atoms. The van der Waals surface area contributed by atoms with Gasteiger partial charge in [-0.25, -0.2) is 9.82 Å². The summed E-state index contributed by atoms with van der Waals surface area (Å²) in [5.41, 5.74) is 3.71. The van der Waals surface area contributed by atoms with Gasteiger partial charge in [-0.05, 0) is 18.2 Å². The smallest absolute Gasteiger partial charge is 0.128 e. The lowest BCUT2D eigenvalue weighted by atomic mass is 9.97. The van der Waals surface area contributed by atoms with Crippen molar-refractivity contribution >= 4 is 0 Å². The minimum Gasteiger partial charge on any atom is -0.496 e. The summed E-state index contributed by atoms with van der Waals surface area (Å²) in [5.74, 6) is 6.44. The largest absolute Gasteiger partial charge is 0.496 e. The first kappa shape index (κ1) is 14.3. The van der Waals surface area contributed by atoms with Crippen molar-refractivity contribution < 1.29 is 13.9 Å². The van der Waals surface area contributed by atoms with Crippen molar-refractivity contribution in [1.29, 1.82) is 0 Å². The third kappa shape index (κ3) is 2.59. The van der Waals surface area contributed by atoms with E-state index in [4.69, 9.17) is 15.3 Å². The number of hydrogen-bond donors (Lipinski definition) is 2. The molecule has 0 saturated heterocycles. The Balaban J connectivity index is 2.60. The van der Waals surface area contributed by atoms with Crippen LogP contribution in [0.25, 0.3) is 0 Å². The highest BCUT2D eigenvalue weighted by atomic mass is 19.1. The van der Waals surface area contributed by atoms with E-state index in [2.05, 4.69) is 5.43 Å². The molecule has 1 unspecified atom stereocenters. The van der Waals surface area contributed by atoms with Crippen LogP contribution in [0.2, 0.25) is 0 Å². The first-order chi connectivity index (χ1) is 9.72. The fraction of sp³-hybridized carbons (Fsp3) is 0.200. The summed E-state index contributed by atoms with van der Waals surface area (Å²) in [6, 6.07) is 11.2. The highest BCUT2D eigenvalue weighted by molar-refractivity contribution is 5.50. The molecule has 2 aromatic rings. The Kier molecular flexibility index (Phi) is 4.55. The Morgan fingerprint density at radius 1 is 1.00 bits per heavy atom. The lowest BCUT2D eigenvalue weighted by molar-refractivity contribution is 0.376. The molecule has 0 amide bonds. The molecule has 0 radical (unpaired) electrons. The van der Waals surface area contributed by atoms with Crippen LogP contribution in [-0.2, 0) is 0 Å². The molecule has 0 aliphatic carbocycles. The second kappa shape index (κ2) is 6.36. The number of hydrazine groups is 1. The second-order valence-corrected chi connectivity index (χ2v) is 4.20. The molecule has 0 spiro atoms. The highest BCUT2D eigenvalue weighted by Crippen LogP contribution is 2.37. The predicted octanol–water partition coefficient (Wildman–Crippen LogP) is 2.40. The summed E-state index contributed by atoms with van der Waals surface area (Å²) >= 11 is 0. The zero-order valence-electron chi connectivity index (χ0n) is 11.4. The summed E-state index contributed by atoms with van der Waals surface area (Å²) in [4.78, 5) is 0. The van der Waals surface area contributed by atoms with Gasteiger partial charge in [0.15, 0.2) is 0 Å². The summed E-state index contributed by atoms with van der Waals surface area (Å²) in [6.07, 6.45) is 0. The van der Waals surface area contributed by atoms with Crippen LogP contribution in [0.1, 0.15) is 17.2 Å². The molecular weight excluding hydrogens is 259 g/mol. The SMILES string of the molecule is COc1cccc(OC)c1C(NN)c1ccccc1F. The van der Waals surface area contributed by atoms with E-state index in [1.807, 2.05) is 0 Å². The van der Waals surface area contributed by atoms with Gasteiger partial charge in [-0.1, -0.05) is 24.3 Å². The standard InChI is InChI=1S/C15H17FN2O2/c1-19-12-8-5-9-13(20-2)14(12)15(18-17)10-6-3-4-7-11(10)16/h3-9,15,18H,17H2,1-2H3. The van der Waals surface area contributed by atoms with Gasteiger partial charge in [0.2, 0.25) is 0 Å². The zero-order chi connectivity index (χ0) is 14.5. The molecule has 106 valence electrons. The number of rotatable bonds is 5. The third-order valence-corrected chi connectivity index (χ3v) is 3.14. The summed E-state index contributed by atoms with van der Waals surface area (Å²) in [5, 5.41) is 0. The normalized spacial score (nSPS) is 12.0. The van der Waals surface area contributed by atoms with Crippen molar-refractivity contribution in [2.45, 2.75) is 6.04 Å². The topological polar surface area (TPSA) is 56.5 Å². The summed E-state index contributed by atoms with van der Waals surface area (Å²) in [7, 11) is 3.10. The number of benzene rings is 2. The number of nitrogens with one attached hydrogen (secondary N) is 1. The van der Waals surface area contributed by atoms with E-state index in [-0.39, 0.29) is 5.82 Å². The fourth-order valence-electron chi connectivity index (χ4n) is 2.20. The van der Waals surface area contributed by atoms with E-state index < -0.39 is 6.04 Å². The maximum absolute atomic E-state index is 14.0. The minimum absolute atomic E-state index is 0.344. The highest BCUT2D eigenvalue weighted by Gasteiger charge is 2.23. The van der Waals surface area contributed by atoms with Gasteiger partial charge in [-0.3, -0.25) is 5.84 Å². The van der Waals surface area contributed by atoms with E-state index in [9.17, 15) is 4.39 Å². The average Bonchev–Trinajstić information content (AvgIpc) is 2.49.